The highest BCUT2D eigenvalue weighted by atomic mass is 16.6. The van der Waals surface area contributed by atoms with Crippen molar-refractivity contribution in [3.8, 4) is 16.9 Å². The van der Waals surface area contributed by atoms with Crippen molar-refractivity contribution in [2.24, 2.45) is 0 Å². The highest BCUT2D eigenvalue weighted by Crippen LogP contribution is 2.24. The molecule has 3 aromatic carbocycles. The third-order valence-electron chi connectivity index (χ3n) is 5.06. The molecular weight excluding hydrogens is 420 g/mol. The molecule has 8 nitrogen and oxygen atoms in total. The van der Waals surface area contributed by atoms with E-state index in [1.165, 1.54) is 18.2 Å². The first-order valence-corrected chi connectivity index (χ1v) is 10.4. The number of non-ortho nitro benzene ring substituents is 1. The van der Waals surface area contributed by atoms with Gasteiger partial charge in [0.25, 0.3) is 11.6 Å². The van der Waals surface area contributed by atoms with E-state index in [1.54, 1.807) is 12.3 Å². The molecule has 0 spiro atoms. The number of amides is 1. The standard InChI is InChI=1S/C25H22N4O4/c30-25(18-33-23-7-3-6-22(15-23)29(31)32)26-16-21-5-1-2-8-24(21)20-11-9-19(10-12-20)17-28-14-4-13-27-28/h1-15H,16-18H2,(H,26,30). The predicted octanol–water partition coefficient (Wildman–Crippen LogP) is 4.20. The molecule has 1 N–H and O–H groups in total. The molecule has 0 aliphatic heterocycles. The fraction of sp³-hybridized carbons (Fsp3) is 0.120. The Labute approximate surface area is 190 Å². The summed E-state index contributed by atoms with van der Waals surface area (Å²) in [5.41, 5.74) is 4.12. The van der Waals surface area contributed by atoms with Gasteiger partial charge in [0.2, 0.25) is 0 Å². The van der Waals surface area contributed by atoms with E-state index in [0.29, 0.717) is 13.1 Å². The summed E-state index contributed by atoms with van der Waals surface area (Å²) >= 11 is 0. The zero-order valence-corrected chi connectivity index (χ0v) is 17.8. The lowest BCUT2D eigenvalue weighted by molar-refractivity contribution is -0.384. The number of nitro groups is 1. The van der Waals surface area contributed by atoms with Crippen molar-refractivity contribution in [2.75, 3.05) is 6.61 Å². The Hall–Kier alpha value is -4.46. The van der Waals surface area contributed by atoms with Gasteiger partial charge < -0.3 is 10.1 Å². The van der Waals surface area contributed by atoms with Crippen molar-refractivity contribution >= 4 is 11.6 Å². The van der Waals surface area contributed by atoms with Crippen LogP contribution in [0.3, 0.4) is 0 Å². The molecule has 0 saturated carbocycles. The first-order valence-electron chi connectivity index (χ1n) is 10.4. The molecule has 8 heteroatoms. The summed E-state index contributed by atoms with van der Waals surface area (Å²) in [6.45, 7) is 0.809. The van der Waals surface area contributed by atoms with Gasteiger partial charge in [-0.2, -0.15) is 5.10 Å². The van der Waals surface area contributed by atoms with Gasteiger partial charge in [-0.3, -0.25) is 19.6 Å². The molecule has 0 bridgehead atoms. The van der Waals surface area contributed by atoms with Crippen LogP contribution in [0.15, 0.2) is 91.3 Å². The Morgan fingerprint density at radius 2 is 1.85 bits per heavy atom. The molecule has 1 amide bonds. The third kappa shape index (κ3) is 5.82. The van der Waals surface area contributed by atoms with Crippen LogP contribution in [-0.2, 0) is 17.9 Å². The molecule has 0 saturated heterocycles. The number of benzene rings is 3. The molecular formula is C25H22N4O4. The van der Waals surface area contributed by atoms with Crippen molar-refractivity contribution in [3.63, 3.8) is 0 Å². The van der Waals surface area contributed by atoms with Crippen molar-refractivity contribution in [1.82, 2.24) is 15.1 Å². The number of rotatable bonds is 9. The lowest BCUT2D eigenvalue weighted by Gasteiger charge is -2.12. The number of nitrogens with one attached hydrogen (secondary N) is 1. The first kappa shape index (κ1) is 21.8. The summed E-state index contributed by atoms with van der Waals surface area (Å²) in [5.74, 6) is -0.0409. The van der Waals surface area contributed by atoms with Gasteiger partial charge in [-0.25, -0.2) is 0 Å². The first-order chi connectivity index (χ1) is 16.1. The fourth-order valence-corrected chi connectivity index (χ4v) is 3.41. The van der Waals surface area contributed by atoms with Crippen LogP contribution in [0, 0.1) is 10.1 Å². The van der Waals surface area contributed by atoms with E-state index in [-0.39, 0.29) is 24.0 Å². The molecule has 0 unspecified atom stereocenters. The number of ether oxygens (including phenoxy) is 1. The van der Waals surface area contributed by atoms with Gasteiger partial charge in [0.1, 0.15) is 5.75 Å². The minimum Gasteiger partial charge on any atom is -0.484 e. The highest BCUT2D eigenvalue weighted by Gasteiger charge is 2.10. The number of hydrogen-bond donors (Lipinski definition) is 1. The van der Waals surface area contributed by atoms with E-state index in [0.717, 1.165) is 22.3 Å². The Morgan fingerprint density at radius 1 is 1.03 bits per heavy atom. The van der Waals surface area contributed by atoms with E-state index in [4.69, 9.17) is 4.74 Å². The second-order valence-corrected chi connectivity index (χ2v) is 7.38. The van der Waals surface area contributed by atoms with Gasteiger partial charge in [0.05, 0.1) is 17.5 Å². The Bertz CT molecular complexity index is 1240. The SMILES string of the molecule is O=C(COc1cccc([N+](=O)[O-])c1)NCc1ccccc1-c1ccc(Cn2cccn2)cc1. The van der Waals surface area contributed by atoms with Crippen LogP contribution in [0.4, 0.5) is 5.69 Å². The Balaban J connectivity index is 1.36. The summed E-state index contributed by atoms with van der Waals surface area (Å²) in [7, 11) is 0. The van der Waals surface area contributed by atoms with E-state index in [1.807, 2.05) is 41.2 Å². The van der Waals surface area contributed by atoms with Crippen LogP contribution in [0.25, 0.3) is 11.1 Å². The summed E-state index contributed by atoms with van der Waals surface area (Å²) in [6.07, 6.45) is 3.68. The molecule has 0 aliphatic rings. The zero-order chi connectivity index (χ0) is 23.0. The summed E-state index contributed by atoms with van der Waals surface area (Å²) < 4.78 is 7.26. The second kappa shape index (κ2) is 10.2. The number of nitro benzene ring substituents is 1. The summed E-state index contributed by atoms with van der Waals surface area (Å²) in [6, 6.07) is 23.8. The monoisotopic (exact) mass is 442 g/mol. The third-order valence-corrected chi connectivity index (χ3v) is 5.06. The molecule has 0 fully saturated rings. The van der Waals surface area contributed by atoms with Crippen LogP contribution < -0.4 is 10.1 Å². The van der Waals surface area contributed by atoms with E-state index < -0.39 is 4.92 Å². The maximum Gasteiger partial charge on any atom is 0.273 e. The lowest BCUT2D eigenvalue weighted by atomic mass is 9.98. The quantitative estimate of drug-likeness (QED) is 0.309. The molecule has 1 heterocycles. The molecule has 4 rings (SSSR count). The largest absolute Gasteiger partial charge is 0.484 e. The number of carbonyl (C=O) groups excluding carboxylic acids is 1. The minimum absolute atomic E-state index is 0.0857. The fourth-order valence-electron chi connectivity index (χ4n) is 3.41. The Kier molecular flexibility index (Phi) is 6.75. The van der Waals surface area contributed by atoms with Gasteiger partial charge in [-0.1, -0.05) is 54.6 Å². The van der Waals surface area contributed by atoms with Gasteiger partial charge in [-0.15, -0.1) is 0 Å². The van der Waals surface area contributed by atoms with Crippen molar-refractivity contribution in [1.29, 1.82) is 0 Å². The molecule has 0 aliphatic carbocycles. The molecule has 0 radical (unpaired) electrons. The molecule has 1 aromatic heterocycles. The zero-order valence-electron chi connectivity index (χ0n) is 17.8. The topological polar surface area (TPSA) is 99.3 Å². The number of nitrogens with zero attached hydrogens (tertiary/aromatic N) is 3. The van der Waals surface area contributed by atoms with Crippen LogP contribution in [0.1, 0.15) is 11.1 Å². The number of hydrogen-bond acceptors (Lipinski definition) is 5. The van der Waals surface area contributed by atoms with Gasteiger partial charge in [0, 0.05) is 25.0 Å². The van der Waals surface area contributed by atoms with Crippen LogP contribution in [0.5, 0.6) is 5.75 Å². The molecule has 0 atom stereocenters. The van der Waals surface area contributed by atoms with Gasteiger partial charge >= 0.3 is 0 Å². The van der Waals surface area contributed by atoms with Crippen LogP contribution in [0.2, 0.25) is 0 Å². The second-order valence-electron chi connectivity index (χ2n) is 7.38. The predicted molar refractivity (Wildman–Crippen MR) is 124 cm³/mol. The number of carbonyl (C=O) groups is 1. The smallest absolute Gasteiger partial charge is 0.273 e. The molecule has 33 heavy (non-hydrogen) atoms. The van der Waals surface area contributed by atoms with Crippen LogP contribution in [-0.4, -0.2) is 27.2 Å². The van der Waals surface area contributed by atoms with Crippen molar-refractivity contribution in [3.05, 3.63) is 112 Å². The van der Waals surface area contributed by atoms with E-state index >= 15 is 0 Å². The molecule has 166 valence electrons. The summed E-state index contributed by atoms with van der Waals surface area (Å²) in [5, 5.41) is 17.9. The number of aromatic nitrogens is 2. The van der Waals surface area contributed by atoms with E-state index in [9.17, 15) is 14.9 Å². The average Bonchev–Trinajstić information content (AvgIpc) is 3.35. The maximum atomic E-state index is 12.3. The average molecular weight is 442 g/mol. The van der Waals surface area contributed by atoms with Crippen molar-refractivity contribution < 1.29 is 14.5 Å². The van der Waals surface area contributed by atoms with Crippen LogP contribution >= 0.6 is 0 Å². The maximum absolute atomic E-state index is 12.3. The van der Waals surface area contributed by atoms with Crippen molar-refractivity contribution in [2.45, 2.75) is 13.1 Å². The normalized spacial score (nSPS) is 10.5. The Morgan fingerprint density at radius 3 is 2.61 bits per heavy atom. The molecule has 4 aromatic rings. The minimum atomic E-state index is -0.506. The lowest BCUT2D eigenvalue weighted by Crippen LogP contribution is -2.28. The summed E-state index contributed by atoms with van der Waals surface area (Å²) in [4.78, 5) is 22.6. The van der Waals surface area contributed by atoms with E-state index in [2.05, 4.69) is 34.7 Å². The highest BCUT2D eigenvalue weighted by molar-refractivity contribution is 5.78. The van der Waals surface area contributed by atoms with Gasteiger partial charge in [0.15, 0.2) is 6.61 Å². The van der Waals surface area contributed by atoms with Gasteiger partial charge in [-0.05, 0) is 34.4 Å².